The standard InChI is InChI=1S/C18H23ClN4O3/c1-4-7-26-17-14(19)8-12(9-15(17)25-6-3)11-20-23-18-21-13(5-2)10-16(24)22-18/h8-11H,4-7H2,1-3H3,(H2,21,22,23,24)/b20-11-. The average Bonchev–Trinajstić information content (AvgIpc) is 2.61. The minimum Gasteiger partial charge on any atom is -0.490 e. The van der Waals surface area contributed by atoms with Crippen molar-refractivity contribution in [2.75, 3.05) is 18.6 Å². The minimum absolute atomic E-state index is 0.228. The zero-order valence-corrected chi connectivity index (χ0v) is 15.9. The van der Waals surface area contributed by atoms with Crippen molar-refractivity contribution < 1.29 is 9.47 Å². The number of ether oxygens (including phenoxy) is 2. The predicted octanol–water partition coefficient (Wildman–Crippen LogP) is 3.62. The van der Waals surface area contributed by atoms with Crippen LogP contribution in [0.1, 0.15) is 38.4 Å². The number of benzene rings is 1. The fourth-order valence-corrected chi connectivity index (χ4v) is 2.45. The van der Waals surface area contributed by atoms with Gasteiger partial charge in [-0.15, -0.1) is 0 Å². The molecule has 0 atom stereocenters. The number of nitrogens with zero attached hydrogens (tertiary/aromatic N) is 2. The molecule has 2 rings (SSSR count). The van der Waals surface area contributed by atoms with Crippen LogP contribution in [0.15, 0.2) is 28.1 Å². The number of aryl methyl sites for hydroxylation is 1. The van der Waals surface area contributed by atoms with Crippen molar-refractivity contribution in [1.29, 1.82) is 0 Å². The van der Waals surface area contributed by atoms with Crippen molar-refractivity contribution in [3.05, 3.63) is 44.8 Å². The van der Waals surface area contributed by atoms with E-state index in [4.69, 9.17) is 21.1 Å². The first-order chi connectivity index (χ1) is 12.6. The molecule has 8 heteroatoms. The summed E-state index contributed by atoms with van der Waals surface area (Å²) >= 11 is 6.32. The van der Waals surface area contributed by atoms with Gasteiger partial charge in [0.05, 0.1) is 24.5 Å². The van der Waals surface area contributed by atoms with Crippen LogP contribution in [-0.4, -0.2) is 29.4 Å². The number of hydrogen-bond acceptors (Lipinski definition) is 6. The Morgan fingerprint density at radius 1 is 1.27 bits per heavy atom. The molecule has 0 aliphatic carbocycles. The lowest BCUT2D eigenvalue weighted by atomic mass is 10.2. The summed E-state index contributed by atoms with van der Waals surface area (Å²) in [5.74, 6) is 1.38. The molecule has 0 bridgehead atoms. The van der Waals surface area contributed by atoms with Gasteiger partial charge in [-0.3, -0.25) is 9.78 Å². The van der Waals surface area contributed by atoms with Crippen LogP contribution in [0.4, 0.5) is 5.95 Å². The second-order valence-corrected chi connectivity index (χ2v) is 5.83. The van der Waals surface area contributed by atoms with Crippen LogP contribution < -0.4 is 20.5 Å². The minimum atomic E-state index is -0.228. The van der Waals surface area contributed by atoms with E-state index in [1.807, 2.05) is 20.8 Å². The average molecular weight is 379 g/mol. The number of rotatable bonds is 9. The van der Waals surface area contributed by atoms with Crippen molar-refractivity contribution in [3.63, 3.8) is 0 Å². The molecule has 0 saturated heterocycles. The Bertz CT molecular complexity index is 821. The highest BCUT2D eigenvalue weighted by molar-refractivity contribution is 6.32. The SMILES string of the molecule is CCCOc1c(Cl)cc(/C=N\Nc2nc(CC)cc(=O)[nH]2)cc1OCC. The van der Waals surface area contributed by atoms with Crippen LogP contribution in [0.3, 0.4) is 0 Å². The third-order valence-corrected chi connectivity index (χ3v) is 3.60. The largest absolute Gasteiger partial charge is 0.490 e. The molecule has 0 fully saturated rings. The lowest BCUT2D eigenvalue weighted by molar-refractivity contribution is 0.277. The predicted molar refractivity (Wildman–Crippen MR) is 104 cm³/mol. The maximum atomic E-state index is 11.6. The maximum absolute atomic E-state index is 11.6. The van der Waals surface area contributed by atoms with E-state index >= 15 is 0 Å². The number of aromatic nitrogens is 2. The van der Waals surface area contributed by atoms with Gasteiger partial charge in [0.2, 0.25) is 5.95 Å². The van der Waals surface area contributed by atoms with Gasteiger partial charge >= 0.3 is 0 Å². The molecule has 0 spiro atoms. The topological polar surface area (TPSA) is 88.6 Å². The Morgan fingerprint density at radius 2 is 2.08 bits per heavy atom. The fraction of sp³-hybridized carbons (Fsp3) is 0.389. The number of hydrazone groups is 1. The molecule has 0 saturated carbocycles. The van der Waals surface area contributed by atoms with Gasteiger partial charge in [0, 0.05) is 11.8 Å². The first kappa shape index (κ1) is 19.8. The molecule has 1 aromatic heterocycles. The summed E-state index contributed by atoms with van der Waals surface area (Å²) < 4.78 is 11.3. The molecular formula is C18H23ClN4O3. The molecule has 0 radical (unpaired) electrons. The van der Waals surface area contributed by atoms with Gasteiger partial charge in [-0.1, -0.05) is 25.4 Å². The summed E-state index contributed by atoms with van der Waals surface area (Å²) in [5.41, 5.74) is 3.90. The van der Waals surface area contributed by atoms with Crippen LogP contribution >= 0.6 is 11.6 Å². The summed E-state index contributed by atoms with van der Waals surface area (Å²) in [6, 6.07) is 4.99. The highest BCUT2D eigenvalue weighted by Gasteiger charge is 2.12. The lowest BCUT2D eigenvalue weighted by Crippen LogP contribution is -2.11. The molecule has 7 nitrogen and oxygen atoms in total. The third kappa shape index (κ3) is 5.49. The van der Waals surface area contributed by atoms with E-state index in [1.54, 1.807) is 18.3 Å². The number of halogens is 1. The highest BCUT2D eigenvalue weighted by atomic mass is 35.5. The Morgan fingerprint density at radius 3 is 2.77 bits per heavy atom. The van der Waals surface area contributed by atoms with Crippen LogP contribution in [0.25, 0.3) is 0 Å². The first-order valence-electron chi connectivity index (χ1n) is 8.55. The highest BCUT2D eigenvalue weighted by Crippen LogP contribution is 2.36. The summed E-state index contributed by atoms with van der Waals surface area (Å²) in [7, 11) is 0. The van der Waals surface area contributed by atoms with Crippen LogP contribution in [0, 0.1) is 0 Å². The Hall–Kier alpha value is -2.54. The van der Waals surface area contributed by atoms with Crippen LogP contribution in [0.5, 0.6) is 11.5 Å². The van der Waals surface area contributed by atoms with E-state index in [9.17, 15) is 4.79 Å². The number of H-pyrrole nitrogens is 1. The summed E-state index contributed by atoms with van der Waals surface area (Å²) in [4.78, 5) is 18.4. The van der Waals surface area contributed by atoms with E-state index in [2.05, 4.69) is 20.5 Å². The number of aromatic amines is 1. The van der Waals surface area contributed by atoms with E-state index < -0.39 is 0 Å². The summed E-state index contributed by atoms with van der Waals surface area (Å²) in [5, 5.41) is 4.55. The van der Waals surface area contributed by atoms with Crippen molar-refractivity contribution in [3.8, 4) is 11.5 Å². The zero-order chi connectivity index (χ0) is 18.9. The molecule has 0 amide bonds. The molecule has 2 N–H and O–H groups in total. The molecule has 0 aliphatic rings. The first-order valence-corrected chi connectivity index (χ1v) is 8.93. The Kier molecular flexibility index (Phi) is 7.47. The van der Waals surface area contributed by atoms with E-state index in [0.717, 1.165) is 12.0 Å². The number of nitrogens with one attached hydrogen (secondary N) is 2. The lowest BCUT2D eigenvalue weighted by Gasteiger charge is -2.13. The Labute approximate surface area is 157 Å². The van der Waals surface area contributed by atoms with E-state index in [-0.39, 0.29) is 11.5 Å². The molecule has 1 heterocycles. The zero-order valence-electron chi connectivity index (χ0n) is 15.1. The third-order valence-electron chi connectivity index (χ3n) is 3.32. The van der Waals surface area contributed by atoms with Crippen molar-refractivity contribution in [2.24, 2.45) is 5.10 Å². The second kappa shape index (κ2) is 9.82. The quantitative estimate of drug-likeness (QED) is 0.514. The summed E-state index contributed by atoms with van der Waals surface area (Å²) in [6.45, 7) is 6.89. The van der Waals surface area contributed by atoms with Gasteiger partial charge in [-0.2, -0.15) is 5.10 Å². The van der Waals surface area contributed by atoms with Gasteiger partial charge in [0.25, 0.3) is 5.56 Å². The molecule has 0 unspecified atom stereocenters. The van der Waals surface area contributed by atoms with Crippen molar-refractivity contribution in [1.82, 2.24) is 9.97 Å². The molecule has 0 aliphatic heterocycles. The normalized spacial score (nSPS) is 10.9. The molecule has 1 aromatic carbocycles. The molecule has 26 heavy (non-hydrogen) atoms. The van der Waals surface area contributed by atoms with Crippen LogP contribution in [-0.2, 0) is 6.42 Å². The van der Waals surface area contributed by atoms with Gasteiger partial charge in [0.15, 0.2) is 11.5 Å². The Balaban J connectivity index is 2.19. The van der Waals surface area contributed by atoms with E-state index in [1.165, 1.54) is 6.07 Å². The molecule has 140 valence electrons. The van der Waals surface area contributed by atoms with E-state index in [0.29, 0.717) is 41.9 Å². The second-order valence-electron chi connectivity index (χ2n) is 5.42. The number of hydrogen-bond donors (Lipinski definition) is 2. The van der Waals surface area contributed by atoms with Crippen LogP contribution in [0.2, 0.25) is 5.02 Å². The van der Waals surface area contributed by atoms with Crippen molar-refractivity contribution in [2.45, 2.75) is 33.6 Å². The summed E-state index contributed by atoms with van der Waals surface area (Å²) in [6.07, 6.45) is 3.10. The van der Waals surface area contributed by atoms with Gasteiger partial charge in [-0.25, -0.2) is 10.4 Å². The molecular weight excluding hydrogens is 356 g/mol. The monoisotopic (exact) mass is 378 g/mol. The van der Waals surface area contributed by atoms with Crippen molar-refractivity contribution >= 4 is 23.8 Å². The fourth-order valence-electron chi connectivity index (χ4n) is 2.18. The number of anilines is 1. The molecule has 2 aromatic rings. The maximum Gasteiger partial charge on any atom is 0.252 e. The van der Waals surface area contributed by atoms with Gasteiger partial charge in [0.1, 0.15) is 0 Å². The van der Waals surface area contributed by atoms with Gasteiger partial charge < -0.3 is 9.47 Å². The smallest absolute Gasteiger partial charge is 0.252 e. The van der Waals surface area contributed by atoms with Gasteiger partial charge in [-0.05, 0) is 37.5 Å².